The second-order valence-electron chi connectivity index (χ2n) is 3.90. The standard InChI is InChI=1S/C12H17N3/c1-9(7-13)8-15(3)12-6-4-5-11(14)10(12)2/h4-6,9H,8,14H2,1-3H3. The van der Waals surface area contributed by atoms with E-state index in [1.165, 1.54) is 0 Å². The quantitative estimate of drug-likeness (QED) is 0.766. The van der Waals surface area contributed by atoms with E-state index >= 15 is 0 Å². The maximum absolute atomic E-state index is 8.75. The van der Waals surface area contributed by atoms with Crippen molar-refractivity contribution in [1.29, 1.82) is 5.26 Å². The fraction of sp³-hybridized carbons (Fsp3) is 0.417. The van der Waals surface area contributed by atoms with E-state index in [2.05, 4.69) is 11.0 Å². The molecule has 2 N–H and O–H groups in total. The molecule has 15 heavy (non-hydrogen) atoms. The number of nitrogen functional groups attached to an aromatic ring is 1. The molecule has 0 radical (unpaired) electrons. The highest BCUT2D eigenvalue weighted by molar-refractivity contribution is 5.63. The number of nitrogens with two attached hydrogens (primary N) is 1. The summed E-state index contributed by atoms with van der Waals surface area (Å²) in [7, 11) is 1.98. The molecule has 0 heterocycles. The van der Waals surface area contributed by atoms with Crippen LogP contribution < -0.4 is 10.6 Å². The fourth-order valence-corrected chi connectivity index (χ4v) is 1.60. The van der Waals surface area contributed by atoms with Crippen molar-refractivity contribution in [2.75, 3.05) is 24.2 Å². The van der Waals surface area contributed by atoms with Gasteiger partial charge in [-0.2, -0.15) is 5.26 Å². The van der Waals surface area contributed by atoms with Gasteiger partial charge in [0.05, 0.1) is 12.0 Å². The van der Waals surface area contributed by atoms with Crippen LogP contribution in [-0.4, -0.2) is 13.6 Å². The van der Waals surface area contributed by atoms with Crippen LogP contribution in [0.25, 0.3) is 0 Å². The van der Waals surface area contributed by atoms with Crippen LogP contribution in [0.2, 0.25) is 0 Å². The van der Waals surface area contributed by atoms with Crippen molar-refractivity contribution >= 4 is 11.4 Å². The van der Waals surface area contributed by atoms with Gasteiger partial charge < -0.3 is 10.6 Å². The molecule has 1 rings (SSSR count). The Balaban J connectivity index is 2.87. The van der Waals surface area contributed by atoms with Crippen molar-refractivity contribution in [2.45, 2.75) is 13.8 Å². The number of nitrogens with zero attached hydrogens (tertiary/aromatic N) is 2. The summed E-state index contributed by atoms with van der Waals surface area (Å²) in [6.45, 7) is 4.64. The molecule has 0 saturated carbocycles. The first-order valence-electron chi connectivity index (χ1n) is 5.02. The minimum Gasteiger partial charge on any atom is -0.398 e. The van der Waals surface area contributed by atoms with Gasteiger partial charge in [0.1, 0.15) is 0 Å². The van der Waals surface area contributed by atoms with E-state index in [1.54, 1.807) is 0 Å². The van der Waals surface area contributed by atoms with Gasteiger partial charge in [0.15, 0.2) is 0 Å². The predicted octanol–water partition coefficient (Wildman–Crippen LogP) is 2.17. The number of nitriles is 1. The SMILES string of the molecule is Cc1c(N)cccc1N(C)CC(C)C#N. The molecule has 0 fully saturated rings. The van der Waals surface area contributed by atoms with Crippen molar-refractivity contribution in [1.82, 2.24) is 0 Å². The molecule has 1 unspecified atom stereocenters. The Bertz CT molecular complexity index is 379. The topological polar surface area (TPSA) is 53.0 Å². The van der Waals surface area contributed by atoms with Gasteiger partial charge in [-0.15, -0.1) is 0 Å². The first-order chi connectivity index (χ1) is 7.06. The lowest BCUT2D eigenvalue weighted by Gasteiger charge is -2.23. The van der Waals surface area contributed by atoms with E-state index in [0.29, 0.717) is 0 Å². The zero-order valence-electron chi connectivity index (χ0n) is 9.49. The molecule has 1 atom stereocenters. The second kappa shape index (κ2) is 4.70. The molecule has 0 aliphatic heterocycles. The lowest BCUT2D eigenvalue weighted by Crippen LogP contribution is -2.24. The summed E-state index contributed by atoms with van der Waals surface area (Å²) < 4.78 is 0. The summed E-state index contributed by atoms with van der Waals surface area (Å²) >= 11 is 0. The Morgan fingerprint density at radius 3 is 2.80 bits per heavy atom. The Kier molecular flexibility index (Phi) is 3.56. The number of hydrogen-bond donors (Lipinski definition) is 1. The third-order valence-corrected chi connectivity index (χ3v) is 2.53. The molecule has 1 aromatic carbocycles. The summed E-state index contributed by atoms with van der Waals surface area (Å²) in [5, 5.41) is 8.75. The normalized spacial score (nSPS) is 11.9. The van der Waals surface area contributed by atoms with Gasteiger partial charge in [0, 0.05) is 25.0 Å². The first kappa shape index (κ1) is 11.4. The van der Waals surface area contributed by atoms with Gasteiger partial charge in [-0.1, -0.05) is 6.07 Å². The van der Waals surface area contributed by atoms with E-state index in [4.69, 9.17) is 11.0 Å². The van der Waals surface area contributed by atoms with Crippen LogP contribution in [-0.2, 0) is 0 Å². The molecule has 0 saturated heterocycles. The Labute approximate surface area is 91.1 Å². The zero-order valence-corrected chi connectivity index (χ0v) is 9.49. The van der Waals surface area contributed by atoms with Crippen LogP contribution in [0.3, 0.4) is 0 Å². The van der Waals surface area contributed by atoms with Crippen LogP contribution in [0.1, 0.15) is 12.5 Å². The highest BCUT2D eigenvalue weighted by Crippen LogP contribution is 2.24. The molecule has 0 aromatic heterocycles. The van der Waals surface area contributed by atoms with Gasteiger partial charge >= 0.3 is 0 Å². The molecule has 0 aliphatic rings. The van der Waals surface area contributed by atoms with Crippen molar-refractivity contribution < 1.29 is 0 Å². The van der Waals surface area contributed by atoms with E-state index in [0.717, 1.165) is 23.5 Å². The second-order valence-corrected chi connectivity index (χ2v) is 3.90. The van der Waals surface area contributed by atoms with Crippen LogP contribution in [0.4, 0.5) is 11.4 Å². The van der Waals surface area contributed by atoms with Crippen LogP contribution in [0.15, 0.2) is 18.2 Å². The molecular formula is C12H17N3. The van der Waals surface area contributed by atoms with E-state index < -0.39 is 0 Å². The monoisotopic (exact) mass is 203 g/mol. The van der Waals surface area contributed by atoms with Crippen molar-refractivity contribution in [3.05, 3.63) is 23.8 Å². The zero-order chi connectivity index (χ0) is 11.4. The Hall–Kier alpha value is -1.69. The largest absolute Gasteiger partial charge is 0.398 e. The van der Waals surface area contributed by atoms with Crippen molar-refractivity contribution in [3.8, 4) is 6.07 Å². The first-order valence-corrected chi connectivity index (χ1v) is 5.02. The van der Waals surface area contributed by atoms with E-state index in [-0.39, 0.29) is 5.92 Å². The minimum atomic E-state index is 0.0239. The molecule has 80 valence electrons. The van der Waals surface area contributed by atoms with Gasteiger partial charge in [-0.25, -0.2) is 0 Å². The fourth-order valence-electron chi connectivity index (χ4n) is 1.60. The molecular weight excluding hydrogens is 186 g/mol. The smallest absolute Gasteiger partial charge is 0.0671 e. The third kappa shape index (κ3) is 2.63. The summed E-state index contributed by atoms with van der Waals surface area (Å²) in [5.74, 6) is 0.0239. The summed E-state index contributed by atoms with van der Waals surface area (Å²) in [4.78, 5) is 2.07. The lowest BCUT2D eigenvalue weighted by atomic mass is 10.1. The lowest BCUT2D eigenvalue weighted by molar-refractivity contribution is 0.715. The Morgan fingerprint density at radius 2 is 2.20 bits per heavy atom. The molecule has 3 nitrogen and oxygen atoms in total. The number of anilines is 2. The number of hydrogen-bond acceptors (Lipinski definition) is 3. The average Bonchev–Trinajstić information content (AvgIpc) is 2.21. The highest BCUT2D eigenvalue weighted by atomic mass is 15.1. The van der Waals surface area contributed by atoms with Crippen LogP contribution >= 0.6 is 0 Å². The Morgan fingerprint density at radius 1 is 1.53 bits per heavy atom. The van der Waals surface area contributed by atoms with Gasteiger partial charge in [0.2, 0.25) is 0 Å². The number of benzene rings is 1. The molecule has 1 aromatic rings. The summed E-state index contributed by atoms with van der Waals surface area (Å²) in [5.41, 5.74) is 8.79. The molecule has 0 amide bonds. The molecule has 0 aliphatic carbocycles. The highest BCUT2D eigenvalue weighted by Gasteiger charge is 2.09. The molecule has 3 heteroatoms. The summed E-state index contributed by atoms with van der Waals surface area (Å²) in [6, 6.07) is 8.08. The van der Waals surface area contributed by atoms with E-state index in [1.807, 2.05) is 39.1 Å². The summed E-state index contributed by atoms with van der Waals surface area (Å²) in [6.07, 6.45) is 0. The third-order valence-electron chi connectivity index (χ3n) is 2.53. The van der Waals surface area contributed by atoms with Crippen LogP contribution in [0, 0.1) is 24.2 Å². The average molecular weight is 203 g/mol. The maximum Gasteiger partial charge on any atom is 0.0671 e. The van der Waals surface area contributed by atoms with Gasteiger partial charge in [0.25, 0.3) is 0 Å². The van der Waals surface area contributed by atoms with Gasteiger partial charge in [-0.05, 0) is 31.5 Å². The molecule has 0 bridgehead atoms. The van der Waals surface area contributed by atoms with Crippen LogP contribution in [0.5, 0.6) is 0 Å². The molecule has 0 spiro atoms. The number of rotatable bonds is 3. The van der Waals surface area contributed by atoms with Crippen molar-refractivity contribution in [2.24, 2.45) is 5.92 Å². The van der Waals surface area contributed by atoms with Gasteiger partial charge in [-0.3, -0.25) is 0 Å². The van der Waals surface area contributed by atoms with Crippen molar-refractivity contribution in [3.63, 3.8) is 0 Å². The van der Waals surface area contributed by atoms with E-state index in [9.17, 15) is 0 Å². The predicted molar refractivity (Wildman–Crippen MR) is 63.6 cm³/mol. The minimum absolute atomic E-state index is 0.0239. The maximum atomic E-state index is 8.75.